The van der Waals surface area contributed by atoms with Gasteiger partial charge in [-0.1, -0.05) is 0 Å². The van der Waals surface area contributed by atoms with Gasteiger partial charge in [-0.2, -0.15) is 0 Å². The number of rotatable bonds is 5. The lowest BCUT2D eigenvalue weighted by molar-refractivity contribution is -0.116. The van der Waals surface area contributed by atoms with E-state index < -0.39 is 0 Å². The van der Waals surface area contributed by atoms with Crippen molar-refractivity contribution in [1.29, 1.82) is 0 Å². The van der Waals surface area contributed by atoms with Crippen LogP contribution in [-0.2, 0) is 4.79 Å². The Labute approximate surface area is 134 Å². The van der Waals surface area contributed by atoms with Crippen molar-refractivity contribution < 1.29 is 9.53 Å². The number of hydrogen-bond donors (Lipinski definition) is 2. The molecule has 5 nitrogen and oxygen atoms in total. The minimum absolute atomic E-state index is 0.0470. The van der Waals surface area contributed by atoms with Crippen LogP contribution in [0.15, 0.2) is 12.1 Å². The second-order valence-corrected chi connectivity index (χ2v) is 6.93. The molecule has 1 aliphatic rings. The average Bonchev–Trinajstić information content (AvgIpc) is 3.12. The van der Waals surface area contributed by atoms with Gasteiger partial charge in [0, 0.05) is 12.5 Å². The summed E-state index contributed by atoms with van der Waals surface area (Å²) >= 11 is 1.62. The van der Waals surface area contributed by atoms with Gasteiger partial charge in [-0.25, -0.2) is 4.98 Å². The lowest BCUT2D eigenvalue weighted by Gasteiger charge is -2.11. The van der Waals surface area contributed by atoms with Gasteiger partial charge >= 0.3 is 0 Å². The predicted molar refractivity (Wildman–Crippen MR) is 89.7 cm³/mol. The molecule has 1 saturated heterocycles. The van der Waals surface area contributed by atoms with Gasteiger partial charge in [-0.05, 0) is 44.8 Å². The lowest BCUT2D eigenvalue weighted by Crippen LogP contribution is -2.15. The average molecular weight is 319 g/mol. The number of fused-ring (bicyclic) bond motifs is 1. The fourth-order valence-electron chi connectivity index (χ4n) is 2.85. The summed E-state index contributed by atoms with van der Waals surface area (Å²) in [7, 11) is 1.61. The molecule has 1 atom stereocenters. The van der Waals surface area contributed by atoms with Crippen LogP contribution in [0.25, 0.3) is 10.2 Å². The quantitative estimate of drug-likeness (QED) is 0.889. The van der Waals surface area contributed by atoms with Crippen LogP contribution in [0.5, 0.6) is 5.75 Å². The number of methoxy groups -OCH3 is 1. The molecule has 2 aromatic rings. The van der Waals surface area contributed by atoms with Crippen molar-refractivity contribution in [1.82, 2.24) is 10.3 Å². The summed E-state index contributed by atoms with van der Waals surface area (Å²) in [6.45, 7) is 4.08. The zero-order valence-corrected chi connectivity index (χ0v) is 13.8. The van der Waals surface area contributed by atoms with Gasteiger partial charge in [-0.3, -0.25) is 4.79 Å². The van der Waals surface area contributed by atoms with Crippen LogP contribution in [-0.4, -0.2) is 31.1 Å². The summed E-state index contributed by atoms with van der Waals surface area (Å²) in [5, 5.41) is 7.32. The first-order chi connectivity index (χ1) is 10.7. The van der Waals surface area contributed by atoms with E-state index in [0.29, 0.717) is 18.1 Å². The number of aryl methyl sites for hydroxylation is 1. The zero-order valence-electron chi connectivity index (χ0n) is 12.9. The Morgan fingerprint density at radius 1 is 1.55 bits per heavy atom. The van der Waals surface area contributed by atoms with Crippen LogP contribution in [0.4, 0.5) is 5.69 Å². The summed E-state index contributed by atoms with van der Waals surface area (Å²) in [5.74, 6) is 1.33. The van der Waals surface area contributed by atoms with E-state index >= 15 is 0 Å². The van der Waals surface area contributed by atoms with Crippen molar-refractivity contribution in [2.45, 2.75) is 26.2 Å². The molecule has 22 heavy (non-hydrogen) atoms. The van der Waals surface area contributed by atoms with E-state index in [-0.39, 0.29) is 5.91 Å². The van der Waals surface area contributed by atoms with E-state index in [1.54, 1.807) is 18.4 Å². The molecular weight excluding hydrogens is 298 g/mol. The summed E-state index contributed by atoms with van der Waals surface area (Å²) in [6.07, 6.45) is 2.65. The van der Waals surface area contributed by atoms with E-state index in [1.165, 1.54) is 6.42 Å². The molecule has 2 heterocycles. The number of nitrogens with one attached hydrogen (secondary N) is 2. The summed E-state index contributed by atoms with van der Waals surface area (Å²) in [6, 6.07) is 3.84. The molecule has 0 radical (unpaired) electrons. The largest absolute Gasteiger partial charge is 0.494 e. The molecule has 1 fully saturated rings. The van der Waals surface area contributed by atoms with Crippen molar-refractivity contribution >= 4 is 33.1 Å². The van der Waals surface area contributed by atoms with Crippen molar-refractivity contribution in [2.24, 2.45) is 5.92 Å². The van der Waals surface area contributed by atoms with Gasteiger partial charge in [0.2, 0.25) is 5.91 Å². The molecule has 1 unspecified atom stereocenters. The number of hydrogen-bond acceptors (Lipinski definition) is 5. The number of ether oxygens (including phenoxy) is 1. The first-order valence-electron chi connectivity index (χ1n) is 7.61. The number of thiazole rings is 1. The van der Waals surface area contributed by atoms with E-state index in [2.05, 4.69) is 15.6 Å². The Bertz CT molecular complexity index is 677. The number of aromatic nitrogens is 1. The first kappa shape index (κ1) is 15.2. The summed E-state index contributed by atoms with van der Waals surface area (Å²) < 4.78 is 6.44. The molecule has 1 amide bonds. The smallest absolute Gasteiger partial charge is 0.224 e. The third-order valence-electron chi connectivity index (χ3n) is 4.03. The third kappa shape index (κ3) is 3.39. The molecule has 1 aliphatic heterocycles. The molecule has 118 valence electrons. The molecule has 2 N–H and O–H groups in total. The Kier molecular flexibility index (Phi) is 4.59. The Balaban J connectivity index is 1.69. The van der Waals surface area contributed by atoms with Gasteiger partial charge in [-0.15, -0.1) is 11.3 Å². The molecule has 1 aromatic carbocycles. The van der Waals surface area contributed by atoms with E-state index in [4.69, 9.17) is 4.74 Å². The second kappa shape index (κ2) is 6.62. The molecule has 6 heteroatoms. The van der Waals surface area contributed by atoms with E-state index in [1.807, 2.05) is 19.1 Å². The number of amides is 1. The highest BCUT2D eigenvalue weighted by atomic mass is 32.1. The van der Waals surface area contributed by atoms with Crippen LogP contribution in [0.2, 0.25) is 0 Å². The highest BCUT2D eigenvalue weighted by molar-refractivity contribution is 7.18. The number of carbonyl (C=O) groups is 1. The topological polar surface area (TPSA) is 63.2 Å². The normalized spacial score (nSPS) is 17.8. The van der Waals surface area contributed by atoms with Gasteiger partial charge in [0.15, 0.2) is 0 Å². The molecule has 0 aliphatic carbocycles. The van der Waals surface area contributed by atoms with Crippen LogP contribution < -0.4 is 15.4 Å². The standard InChI is InChI=1S/C16H21N3O2S/c1-10-18-13-7-14(21-2)12(8-15(13)22-10)19-16(20)4-3-11-5-6-17-9-11/h7-8,11,17H,3-6,9H2,1-2H3,(H,19,20). The fourth-order valence-corrected chi connectivity index (χ4v) is 3.69. The third-order valence-corrected chi connectivity index (χ3v) is 4.97. The molecule has 0 spiro atoms. The summed E-state index contributed by atoms with van der Waals surface area (Å²) in [5.41, 5.74) is 1.64. The molecule has 3 rings (SSSR count). The molecule has 1 aromatic heterocycles. The van der Waals surface area contributed by atoms with Crippen LogP contribution in [0, 0.1) is 12.8 Å². The minimum atomic E-state index is 0.0470. The highest BCUT2D eigenvalue weighted by Crippen LogP contribution is 2.33. The van der Waals surface area contributed by atoms with E-state index in [9.17, 15) is 4.79 Å². The number of nitrogens with zero attached hydrogens (tertiary/aromatic N) is 1. The maximum Gasteiger partial charge on any atom is 0.224 e. The van der Waals surface area contributed by atoms with Crippen molar-refractivity contribution in [3.05, 3.63) is 17.1 Å². The summed E-state index contributed by atoms with van der Waals surface area (Å²) in [4.78, 5) is 16.6. The van der Waals surface area contributed by atoms with Crippen molar-refractivity contribution in [3.8, 4) is 5.75 Å². The first-order valence-corrected chi connectivity index (χ1v) is 8.43. The van der Waals surface area contributed by atoms with Gasteiger partial charge < -0.3 is 15.4 Å². The Morgan fingerprint density at radius 2 is 2.41 bits per heavy atom. The maximum atomic E-state index is 12.2. The number of benzene rings is 1. The molecular formula is C16H21N3O2S. The van der Waals surface area contributed by atoms with Crippen LogP contribution in [0.3, 0.4) is 0 Å². The highest BCUT2D eigenvalue weighted by Gasteiger charge is 2.17. The van der Waals surface area contributed by atoms with Crippen molar-refractivity contribution in [3.63, 3.8) is 0 Å². The fraction of sp³-hybridized carbons (Fsp3) is 0.500. The van der Waals surface area contributed by atoms with E-state index in [0.717, 1.165) is 40.4 Å². The van der Waals surface area contributed by atoms with Crippen LogP contribution in [0.1, 0.15) is 24.3 Å². The monoisotopic (exact) mass is 319 g/mol. The number of carbonyl (C=O) groups excluding carboxylic acids is 1. The lowest BCUT2D eigenvalue weighted by atomic mass is 10.0. The Morgan fingerprint density at radius 3 is 3.14 bits per heavy atom. The number of anilines is 1. The minimum Gasteiger partial charge on any atom is -0.494 e. The van der Waals surface area contributed by atoms with Gasteiger partial charge in [0.05, 0.1) is 28.0 Å². The van der Waals surface area contributed by atoms with Gasteiger partial charge in [0.25, 0.3) is 0 Å². The SMILES string of the molecule is COc1cc2nc(C)sc2cc1NC(=O)CCC1CCNC1. The second-order valence-electron chi connectivity index (χ2n) is 5.70. The zero-order chi connectivity index (χ0) is 15.5. The van der Waals surface area contributed by atoms with Crippen LogP contribution >= 0.6 is 11.3 Å². The Hall–Kier alpha value is -1.66. The van der Waals surface area contributed by atoms with Crippen molar-refractivity contribution in [2.75, 3.05) is 25.5 Å². The molecule has 0 saturated carbocycles. The molecule has 0 bridgehead atoms. The maximum absolute atomic E-state index is 12.2. The predicted octanol–water partition coefficient (Wildman–Crippen LogP) is 2.94. The van der Waals surface area contributed by atoms with Gasteiger partial charge in [0.1, 0.15) is 5.75 Å².